The first-order valence-corrected chi connectivity index (χ1v) is 6.42. The lowest BCUT2D eigenvalue weighted by molar-refractivity contribution is -0.387. The molecule has 1 aromatic rings. The van der Waals surface area contributed by atoms with Gasteiger partial charge in [-0.3, -0.25) is 15.0 Å². The predicted molar refractivity (Wildman–Crippen MR) is 70.4 cm³/mol. The lowest BCUT2D eigenvalue weighted by Gasteiger charge is -2.31. The summed E-state index contributed by atoms with van der Waals surface area (Å²) >= 11 is 0. The Hall–Kier alpha value is -1.53. The van der Waals surface area contributed by atoms with E-state index in [1.54, 1.807) is 6.07 Å². The van der Waals surface area contributed by atoms with Crippen molar-refractivity contribution in [2.24, 2.45) is 0 Å². The molecule has 0 aromatic heterocycles. The molecule has 0 unspecified atom stereocenters. The number of benzene rings is 1. The van der Waals surface area contributed by atoms with E-state index in [1.165, 1.54) is 12.1 Å². The Morgan fingerprint density at radius 2 is 2.16 bits per heavy atom. The van der Waals surface area contributed by atoms with E-state index in [0.29, 0.717) is 18.2 Å². The molecule has 104 valence electrons. The van der Waals surface area contributed by atoms with Gasteiger partial charge in [0.15, 0.2) is 0 Å². The van der Waals surface area contributed by atoms with Gasteiger partial charge in [0.2, 0.25) is 5.82 Å². The molecule has 2 rings (SSSR count). The summed E-state index contributed by atoms with van der Waals surface area (Å²) < 4.78 is 14.0. The van der Waals surface area contributed by atoms with Crippen LogP contribution in [0.2, 0.25) is 0 Å². The van der Waals surface area contributed by atoms with Crippen molar-refractivity contribution >= 4 is 5.69 Å². The number of rotatable bonds is 4. The maximum Gasteiger partial charge on any atom is 0.305 e. The molecule has 0 amide bonds. The number of nitro benzene ring substituents is 1. The van der Waals surface area contributed by atoms with E-state index in [-0.39, 0.29) is 0 Å². The van der Waals surface area contributed by atoms with Crippen molar-refractivity contribution < 1.29 is 9.31 Å². The quantitative estimate of drug-likeness (QED) is 0.669. The molecule has 0 spiro atoms. The van der Waals surface area contributed by atoms with Crippen LogP contribution in [0, 0.1) is 15.9 Å². The molecule has 5 nitrogen and oxygen atoms in total. The number of hydrogen-bond donors (Lipinski definition) is 1. The standard InChI is InChI=1S/C13H18FN3O2/c1-16(11-5-7-15-8-6-11)9-10-3-2-4-12(13(10)14)17(18)19/h2-4,11,15H,5-9H2,1H3. The summed E-state index contributed by atoms with van der Waals surface area (Å²) in [6.07, 6.45) is 2.04. The van der Waals surface area contributed by atoms with E-state index < -0.39 is 16.4 Å². The molecule has 0 radical (unpaired) electrons. The van der Waals surface area contributed by atoms with Gasteiger partial charge in [-0.15, -0.1) is 0 Å². The summed E-state index contributed by atoms with van der Waals surface area (Å²) in [7, 11) is 1.94. The summed E-state index contributed by atoms with van der Waals surface area (Å²) in [5, 5.41) is 14.0. The fraction of sp³-hybridized carbons (Fsp3) is 0.538. The zero-order valence-electron chi connectivity index (χ0n) is 10.9. The zero-order chi connectivity index (χ0) is 13.8. The van der Waals surface area contributed by atoms with Crippen LogP contribution in [0.3, 0.4) is 0 Å². The molecule has 1 heterocycles. The van der Waals surface area contributed by atoms with Crippen LogP contribution >= 0.6 is 0 Å². The third-order valence-electron chi connectivity index (χ3n) is 3.61. The number of hydrogen-bond acceptors (Lipinski definition) is 4. The fourth-order valence-electron chi connectivity index (χ4n) is 2.47. The minimum atomic E-state index is -0.715. The zero-order valence-corrected chi connectivity index (χ0v) is 10.9. The number of halogens is 1. The van der Waals surface area contributed by atoms with Gasteiger partial charge in [-0.25, -0.2) is 0 Å². The highest BCUT2D eigenvalue weighted by Gasteiger charge is 2.22. The minimum Gasteiger partial charge on any atom is -0.317 e. The van der Waals surface area contributed by atoms with E-state index in [2.05, 4.69) is 10.2 Å². The van der Waals surface area contributed by atoms with E-state index in [1.807, 2.05) is 7.05 Å². The molecule has 19 heavy (non-hydrogen) atoms. The summed E-state index contributed by atoms with van der Waals surface area (Å²) in [5.74, 6) is -0.715. The Labute approximate surface area is 111 Å². The van der Waals surface area contributed by atoms with E-state index in [9.17, 15) is 14.5 Å². The Morgan fingerprint density at radius 1 is 1.47 bits per heavy atom. The average Bonchev–Trinajstić information content (AvgIpc) is 2.41. The van der Waals surface area contributed by atoms with Crippen LogP contribution in [-0.2, 0) is 6.54 Å². The molecule has 0 atom stereocenters. The average molecular weight is 267 g/mol. The molecule has 1 aliphatic rings. The second-order valence-corrected chi connectivity index (χ2v) is 4.90. The summed E-state index contributed by atoms with van der Waals surface area (Å²) in [5.41, 5.74) is -0.0635. The van der Waals surface area contributed by atoms with Crippen molar-refractivity contribution in [3.05, 3.63) is 39.7 Å². The molecule has 1 saturated heterocycles. The first kappa shape index (κ1) is 13.9. The smallest absolute Gasteiger partial charge is 0.305 e. The molecule has 0 saturated carbocycles. The maximum absolute atomic E-state index is 14.0. The summed E-state index contributed by atoms with van der Waals surface area (Å²) in [4.78, 5) is 12.1. The van der Waals surface area contributed by atoms with E-state index in [0.717, 1.165) is 25.9 Å². The largest absolute Gasteiger partial charge is 0.317 e. The second kappa shape index (κ2) is 6.08. The Morgan fingerprint density at radius 3 is 2.79 bits per heavy atom. The highest BCUT2D eigenvalue weighted by atomic mass is 19.1. The first-order valence-electron chi connectivity index (χ1n) is 6.42. The van der Waals surface area contributed by atoms with Crippen molar-refractivity contribution in [1.82, 2.24) is 10.2 Å². The third-order valence-corrected chi connectivity index (χ3v) is 3.61. The van der Waals surface area contributed by atoms with Crippen LogP contribution in [0.1, 0.15) is 18.4 Å². The lowest BCUT2D eigenvalue weighted by atomic mass is 10.0. The Kier molecular flexibility index (Phi) is 4.44. The minimum absolute atomic E-state index is 0.384. The molecular formula is C13H18FN3O2. The highest BCUT2D eigenvalue weighted by molar-refractivity contribution is 5.36. The van der Waals surface area contributed by atoms with Crippen LogP contribution in [-0.4, -0.2) is 36.0 Å². The maximum atomic E-state index is 14.0. The van der Waals surface area contributed by atoms with Gasteiger partial charge in [-0.1, -0.05) is 12.1 Å². The Bertz CT molecular complexity index is 461. The van der Waals surface area contributed by atoms with E-state index in [4.69, 9.17) is 0 Å². The topological polar surface area (TPSA) is 58.4 Å². The summed E-state index contributed by atoms with van der Waals surface area (Å²) in [6, 6.07) is 4.75. The first-order chi connectivity index (χ1) is 9.09. The van der Waals surface area contributed by atoms with Crippen molar-refractivity contribution in [2.75, 3.05) is 20.1 Å². The van der Waals surface area contributed by atoms with Crippen LogP contribution in [0.15, 0.2) is 18.2 Å². The van der Waals surface area contributed by atoms with Gasteiger partial charge in [0.1, 0.15) is 0 Å². The van der Waals surface area contributed by atoms with Crippen molar-refractivity contribution in [3.8, 4) is 0 Å². The SMILES string of the molecule is CN(Cc1cccc([N+](=O)[O-])c1F)C1CCNCC1. The van der Waals surface area contributed by atoms with Gasteiger partial charge in [-0.2, -0.15) is 4.39 Å². The second-order valence-electron chi connectivity index (χ2n) is 4.90. The third kappa shape index (κ3) is 3.27. The van der Waals surface area contributed by atoms with Crippen molar-refractivity contribution in [2.45, 2.75) is 25.4 Å². The van der Waals surface area contributed by atoms with Crippen molar-refractivity contribution in [1.29, 1.82) is 0 Å². The Balaban J connectivity index is 2.10. The molecule has 0 aliphatic carbocycles. The summed E-state index contributed by atoms with van der Waals surface area (Å²) in [6.45, 7) is 2.33. The van der Waals surface area contributed by atoms with Gasteiger partial charge in [-0.05, 0) is 33.0 Å². The fourth-order valence-corrected chi connectivity index (χ4v) is 2.47. The molecular weight excluding hydrogens is 249 g/mol. The number of nitro groups is 1. The highest BCUT2D eigenvalue weighted by Crippen LogP contribution is 2.22. The van der Waals surface area contributed by atoms with Gasteiger partial charge in [0.25, 0.3) is 0 Å². The monoisotopic (exact) mass is 267 g/mol. The number of nitrogens with zero attached hydrogens (tertiary/aromatic N) is 2. The lowest BCUT2D eigenvalue weighted by Crippen LogP contribution is -2.40. The number of nitrogens with one attached hydrogen (secondary N) is 1. The van der Waals surface area contributed by atoms with Crippen molar-refractivity contribution in [3.63, 3.8) is 0 Å². The number of piperidine rings is 1. The molecule has 1 aromatic carbocycles. The predicted octanol–water partition coefficient (Wildman–Crippen LogP) is 1.92. The van der Waals surface area contributed by atoms with Crippen LogP contribution < -0.4 is 5.32 Å². The molecule has 6 heteroatoms. The van der Waals surface area contributed by atoms with E-state index >= 15 is 0 Å². The van der Waals surface area contributed by atoms with Gasteiger partial charge in [0.05, 0.1) is 4.92 Å². The molecule has 1 fully saturated rings. The van der Waals surface area contributed by atoms with Crippen LogP contribution in [0.4, 0.5) is 10.1 Å². The van der Waals surface area contributed by atoms with Gasteiger partial charge >= 0.3 is 5.69 Å². The van der Waals surface area contributed by atoms with Crippen LogP contribution in [0.5, 0.6) is 0 Å². The normalized spacial score (nSPS) is 16.8. The van der Waals surface area contributed by atoms with Gasteiger partial charge < -0.3 is 5.32 Å². The van der Waals surface area contributed by atoms with Gasteiger partial charge in [0, 0.05) is 24.2 Å². The molecule has 1 aliphatic heterocycles. The van der Waals surface area contributed by atoms with Crippen LogP contribution in [0.25, 0.3) is 0 Å². The molecule has 0 bridgehead atoms. The molecule has 1 N–H and O–H groups in total.